The van der Waals surface area contributed by atoms with E-state index < -0.39 is 5.97 Å². The number of aliphatic hydroxyl groups excluding tert-OH is 1. The minimum Gasteiger partial charge on any atom is -0.506 e. The Morgan fingerprint density at radius 2 is 2.00 bits per heavy atom. The molecule has 6 nitrogen and oxygen atoms in total. The monoisotopic (exact) mass is 443 g/mol. The lowest BCUT2D eigenvalue weighted by molar-refractivity contribution is -0.138. The zero-order valence-corrected chi connectivity index (χ0v) is 17.9. The van der Waals surface area contributed by atoms with E-state index in [1.54, 1.807) is 19.1 Å². The van der Waals surface area contributed by atoms with Gasteiger partial charge in [-0.3, -0.25) is 4.79 Å². The minimum absolute atomic E-state index is 0.0905. The van der Waals surface area contributed by atoms with E-state index in [2.05, 4.69) is 4.99 Å². The third kappa shape index (κ3) is 5.10. The topological polar surface area (TPSA) is 85.2 Å². The zero-order valence-electron chi connectivity index (χ0n) is 15.5. The average molecular weight is 444 g/mol. The number of rotatable bonds is 6. The molecule has 0 aromatic heterocycles. The van der Waals surface area contributed by atoms with Gasteiger partial charge in [0.05, 0.1) is 23.6 Å². The molecule has 0 aliphatic carbocycles. The van der Waals surface area contributed by atoms with Gasteiger partial charge in [-0.25, -0.2) is 9.79 Å². The number of thioether (sulfide) groups is 1. The molecule has 9 heteroatoms. The summed E-state index contributed by atoms with van der Waals surface area (Å²) in [5, 5.41) is 11.4. The molecule has 150 valence electrons. The predicted octanol–water partition coefficient (Wildman–Crippen LogP) is 5.19. The third-order valence-corrected chi connectivity index (χ3v) is 5.11. The van der Waals surface area contributed by atoms with Gasteiger partial charge in [0.15, 0.2) is 0 Å². The van der Waals surface area contributed by atoms with Gasteiger partial charge in [0.2, 0.25) is 5.91 Å². The van der Waals surface area contributed by atoms with Gasteiger partial charge in [0, 0.05) is 17.0 Å². The number of halogens is 2. The molecule has 1 heterocycles. The molecular weight excluding hydrogens is 425 g/mol. The highest BCUT2D eigenvalue weighted by atomic mass is 35.5. The Labute approximate surface area is 177 Å². The third-order valence-electron chi connectivity index (χ3n) is 3.59. The maximum Gasteiger partial charge on any atom is 0.344 e. The summed E-state index contributed by atoms with van der Waals surface area (Å²) in [6.07, 6.45) is 2.41. The number of benzene rings is 1. The first-order valence-electron chi connectivity index (χ1n) is 8.47. The molecule has 0 atom stereocenters. The van der Waals surface area contributed by atoms with Crippen LogP contribution < -0.4 is 4.74 Å². The van der Waals surface area contributed by atoms with Crippen LogP contribution in [0, 0.1) is 0 Å². The highest BCUT2D eigenvalue weighted by Crippen LogP contribution is 2.41. The molecule has 1 N–H and O–H groups in total. The summed E-state index contributed by atoms with van der Waals surface area (Å²) in [6.45, 7) is 3.61. The van der Waals surface area contributed by atoms with Crippen molar-refractivity contribution in [2.24, 2.45) is 4.99 Å². The number of hydrogen-bond donors (Lipinski definition) is 1. The number of amides is 1. The largest absolute Gasteiger partial charge is 0.506 e. The molecule has 0 spiro atoms. The molecule has 0 fully saturated rings. The Morgan fingerprint density at radius 1 is 1.29 bits per heavy atom. The van der Waals surface area contributed by atoms with E-state index in [4.69, 9.17) is 32.7 Å². The highest BCUT2D eigenvalue weighted by molar-refractivity contribution is 8.18. The minimum atomic E-state index is -0.755. The van der Waals surface area contributed by atoms with Crippen molar-refractivity contribution in [1.82, 2.24) is 0 Å². The molecule has 2 rings (SSSR count). The number of ether oxygens (including phenoxy) is 2. The molecule has 28 heavy (non-hydrogen) atoms. The van der Waals surface area contributed by atoms with E-state index >= 15 is 0 Å². The molecular formula is C19H19Cl2NO5S. The second-order valence-corrected chi connectivity index (χ2v) is 7.50. The first-order chi connectivity index (χ1) is 13.3. The Kier molecular flexibility index (Phi) is 7.98. The molecule has 1 aliphatic rings. The van der Waals surface area contributed by atoms with Gasteiger partial charge in [-0.1, -0.05) is 41.9 Å². The maximum absolute atomic E-state index is 12.3. The van der Waals surface area contributed by atoms with Gasteiger partial charge in [-0.15, -0.1) is 0 Å². The fourth-order valence-electron chi connectivity index (χ4n) is 2.42. The van der Waals surface area contributed by atoms with E-state index in [9.17, 15) is 14.7 Å². The van der Waals surface area contributed by atoms with Gasteiger partial charge < -0.3 is 14.6 Å². The van der Waals surface area contributed by atoms with Crippen molar-refractivity contribution in [2.45, 2.75) is 26.7 Å². The van der Waals surface area contributed by atoms with Gasteiger partial charge in [-0.2, -0.15) is 0 Å². The number of carbonyl (C=O) groups is 2. The molecule has 0 saturated carbocycles. The number of esters is 1. The summed E-state index contributed by atoms with van der Waals surface area (Å²) < 4.78 is 10.3. The zero-order chi connectivity index (χ0) is 20.8. The van der Waals surface area contributed by atoms with Crippen LogP contribution in [0.5, 0.6) is 5.75 Å². The molecule has 1 aromatic carbocycles. The van der Waals surface area contributed by atoms with Crippen LogP contribution >= 0.6 is 35.0 Å². The lowest BCUT2D eigenvalue weighted by Gasteiger charge is -2.08. The standard InChI is InChI=1S/C19H19Cl2NO5S/c1-4-6-14(23)22-18-15(19(25)27-5-2)16(24)13(28-18)8-10-7-11(20)9-12(21)17(10)26-3/h7-9,24H,4-6H2,1-3H3/b13-8-,22-18?. The number of carbonyl (C=O) groups excluding carboxylic acids is 2. The lowest BCUT2D eigenvalue weighted by Crippen LogP contribution is -2.14. The highest BCUT2D eigenvalue weighted by Gasteiger charge is 2.34. The van der Waals surface area contributed by atoms with Crippen LogP contribution in [0.4, 0.5) is 0 Å². The number of nitrogens with zero attached hydrogens (tertiary/aromatic N) is 1. The van der Waals surface area contributed by atoms with Crippen LogP contribution in [0.3, 0.4) is 0 Å². The Morgan fingerprint density at radius 3 is 2.61 bits per heavy atom. The van der Waals surface area contributed by atoms with Crippen LogP contribution in [0.1, 0.15) is 32.3 Å². The second-order valence-electron chi connectivity index (χ2n) is 5.63. The summed E-state index contributed by atoms with van der Waals surface area (Å²) in [6, 6.07) is 3.14. The van der Waals surface area contributed by atoms with E-state index in [-0.39, 0.29) is 35.3 Å². The van der Waals surface area contributed by atoms with E-state index in [1.807, 2.05) is 6.92 Å². The number of aliphatic imine (C=N–C) groups is 1. The Balaban J connectivity index is 2.56. The molecule has 0 radical (unpaired) electrons. The van der Waals surface area contributed by atoms with Crippen molar-refractivity contribution in [1.29, 1.82) is 0 Å². The summed E-state index contributed by atoms with van der Waals surface area (Å²) in [5.41, 5.74) is 0.355. The van der Waals surface area contributed by atoms with E-state index in [1.165, 1.54) is 13.2 Å². The van der Waals surface area contributed by atoms with Crippen LogP contribution in [-0.2, 0) is 14.3 Å². The maximum atomic E-state index is 12.3. The van der Waals surface area contributed by atoms with Crippen LogP contribution in [0.15, 0.2) is 33.4 Å². The normalized spacial score (nSPS) is 16.8. The van der Waals surface area contributed by atoms with Gasteiger partial charge >= 0.3 is 5.97 Å². The van der Waals surface area contributed by atoms with Gasteiger partial charge in [0.25, 0.3) is 0 Å². The molecule has 1 amide bonds. The van der Waals surface area contributed by atoms with E-state index in [0.29, 0.717) is 32.7 Å². The fraction of sp³-hybridized carbons (Fsp3) is 0.316. The SMILES string of the molecule is CCCC(=O)N=C1S/C(=C\c2cc(Cl)cc(Cl)c2OC)C(O)=C1C(=O)OCC. The van der Waals surface area contributed by atoms with Crippen LogP contribution in [-0.4, -0.2) is 35.7 Å². The molecule has 0 saturated heterocycles. The first-order valence-corrected chi connectivity index (χ1v) is 10.0. The van der Waals surface area contributed by atoms with Crippen molar-refractivity contribution < 1.29 is 24.2 Å². The van der Waals surface area contributed by atoms with Crippen LogP contribution in [0.2, 0.25) is 10.0 Å². The van der Waals surface area contributed by atoms with Crippen molar-refractivity contribution in [3.63, 3.8) is 0 Å². The number of methoxy groups -OCH3 is 1. The summed E-state index contributed by atoms with van der Waals surface area (Å²) in [7, 11) is 1.45. The van der Waals surface area contributed by atoms with Crippen LogP contribution in [0.25, 0.3) is 6.08 Å². The summed E-state index contributed by atoms with van der Waals surface area (Å²) in [4.78, 5) is 28.5. The molecule has 0 unspecified atom stereocenters. The fourth-order valence-corrected chi connectivity index (χ4v) is 4.03. The number of hydrogen-bond acceptors (Lipinski definition) is 6. The quantitative estimate of drug-likeness (QED) is 0.608. The summed E-state index contributed by atoms with van der Waals surface area (Å²) >= 11 is 13.2. The molecule has 1 aliphatic heterocycles. The Hall–Kier alpha value is -1.96. The smallest absolute Gasteiger partial charge is 0.344 e. The van der Waals surface area contributed by atoms with Crippen molar-refractivity contribution in [3.8, 4) is 5.75 Å². The lowest BCUT2D eigenvalue weighted by atomic mass is 10.1. The average Bonchev–Trinajstić information content (AvgIpc) is 2.90. The van der Waals surface area contributed by atoms with Crippen molar-refractivity contribution in [3.05, 3.63) is 44.0 Å². The second kappa shape index (κ2) is 10.0. The van der Waals surface area contributed by atoms with Crippen molar-refractivity contribution in [2.75, 3.05) is 13.7 Å². The Bertz CT molecular complexity index is 893. The first kappa shape index (κ1) is 22.3. The van der Waals surface area contributed by atoms with Gasteiger partial charge in [0.1, 0.15) is 22.1 Å². The van der Waals surface area contributed by atoms with Crippen molar-refractivity contribution >= 4 is 58.0 Å². The predicted molar refractivity (Wildman–Crippen MR) is 112 cm³/mol. The summed E-state index contributed by atoms with van der Waals surface area (Å²) in [5.74, 6) is -1.11. The molecule has 1 aromatic rings. The van der Waals surface area contributed by atoms with E-state index in [0.717, 1.165) is 11.8 Å². The molecule has 0 bridgehead atoms. The van der Waals surface area contributed by atoms with Gasteiger partial charge in [-0.05, 0) is 31.6 Å². The number of aliphatic hydroxyl groups is 1.